The van der Waals surface area contributed by atoms with Crippen molar-refractivity contribution in [2.75, 3.05) is 10.2 Å². The molecule has 3 aromatic carbocycles. The Morgan fingerprint density at radius 2 is 1.35 bits per heavy atom. The number of benzene rings is 3. The van der Waals surface area contributed by atoms with E-state index in [1.54, 1.807) is 22.4 Å². The number of hydrazone groups is 1. The van der Waals surface area contributed by atoms with E-state index in [1.807, 2.05) is 60.7 Å². The lowest BCUT2D eigenvalue weighted by molar-refractivity contribution is 0.771. The Labute approximate surface area is 166 Å². The van der Waals surface area contributed by atoms with Crippen molar-refractivity contribution in [1.29, 1.82) is 0 Å². The molecule has 0 spiro atoms. The minimum Gasteiger partial charge on any atom is -0.259 e. The Bertz CT molecular complexity index is 938. The minimum atomic E-state index is 0.406. The van der Waals surface area contributed by atoms with Crippen LogP contribution in [0.15, 0.2) is 77.9 Å². The molecule has 0 saturated carbocycles. The summed E-state index contributed by atoms with van der Waals surface area (Å²) in [6.45, 7) is 0. The van der Waals surface area contributed by atoms with Crippen molar-refractivity contribution in [3.05, 3.63) is 93.4 Å². The number of nitrogens with one attached hydrogen (secondary N) is 1. The highest BCUT2D eigenvalue weighted by molar-refractivity contribution is 6.41. The van der Waals surface area contributed by atoms with Crippen molar-refractivity contribution in [2.45, 2.75) is 0 Å². The molecule has 0 radical (unpaired) electrons. The van der Waals surface area contributed by atoms with Crippen LogP contribution in [0.5, 0.6) is 0 Å². The molecule has 130 valence electrons. The van der Waals surface area contributed by atoms with E-state index in [0.29, 0.717) is 26.6 Å². The third-order valence-corrected chi connectivity index (χ3v) is 4.62. The number of halogens is 3. The fourth-order valence-corrected chi connectivity index (χ4v) is 3.61. The number of rotatable bonds is 3. The SMILES string of the molecule is Clc1cc(Cl)c(N2N=C(c3ccccc3)NN2c2ccccc2)c(Cl)c1. The topological polar surface area (TPSA) is 30.9 Å². The standard InChI is InChI=1S/C19H13Cl3N4/c20-14-11-16(21)18(17(22)12-14)26-24-19(13-7-3-1-4-8-13)23-25(26)15-9-5-2-6-10-15/h1-12H,(H,23,24). The molecular weight excluding hydrogens is 391 g/mol. The largest absolute Gasteiger partial charge is 0.259 e. The minimum absolute atomic E-state index is 0.406. The normalized spacial score (nSPS) is 13.6. The lowest BCUT2D eigenvalue weighted by Gasteiger charge is -2.29. The number of hydrogen-bond acceptors (Lipinski definition) is 4. The molecular formula is C19H13Cl3N4. The van der Waals surface area contributed by atoms with Crippen LogP contribution in [0, 0.1) is 0 Å². The van der Waals surface area contributed by atoms with Gasteiger partial charge in [0.25, 0.3) is 0 Å². The fraction of sp³-hybridized carbons (Fsp3) is 0. The number of anilines is 2. The molecule has 0 fully saturated rings. The maximum absolute atomic E-state index is 6.43. The molecule has 7 heteroatoms. The summed E-state index contributed by atoms with van der Waals surface area (Å²) in [6.07, 6.45) is 0. The van der Waals surface area contributed by atoms with Gasteiger partial charge in [-0.25, -0.2) is 0 Å². The molecule has 0 unspecified atom stereocenters. The second-order valence-corrected chi connectivity index (χ2v) is 6.83. The summed E-state index contributed by atoms with van der Waals surface area (Å²) in [5, 5.41) is 9.39. The molecule has 0 aromatic heterocycles. The molecule has 26 heavy (non-hydrogen) atoms. The van der Waals surface area contributed by atoms with Crippen LogP contribution >= 0.6 is 34.8 Å². The van der Waals surface area contributed by atoms with Crippen molar-refractivity contribution < 1.29 is 0 Å². The highest BCUT2D eigenvalue weighted by Gasteiger charge is 2.29. The molecule has 4 rings (SSSR count). The average molecular weight is 404 g/mol. The predicted octanol–water partition coefficient (Wildman–Crippen LogP) is 5.75. The van der Waals surface area contributed by atoms with Gasteiger partial charge in [0.15, 0.2) is 5.84 Å². The molecule has 0 bridgehead atoms. The molecule has 0 atom stereocenters. The quantitative estimate of drug-likeness (QED) is 0.603. The highest BCUT2D eigenvalue weighted by Crippen LogP contribution is 2.39. The van der Waals surface area contributed by atoms with Gasteiger partial charge in [0, 0.05) is 10.6 Å². The monoisotopic (exact) mass is 402 g/mol. The lowest BCUT2D eigenvalue weighted by Crippen LogP contribution is -2.44. The first-order chi connectivity index (χ1) is 12.6. The van der Waals surface area contributed by atoms with Gasteiger partial charge in [-0.1, -0.05) is 83.3 Å². The summed E-state index contributed by atoms with van der Waals surface area (Å²) in [7, 11) is 0. The Morgan fingerprint density at radius 3 is 1.96 bits per heavy atom. The maximum atomic E-state index is 6.43. The van der Waals surface area contributed by atoms with E-state index >= 15 is 0 Å². The smallest absolute Gasteiger partial charge is 0.176 e. The molecule has 1 aliphatic heterocycles. The summed E-state index contributed by atoms with van der Waals surface area (Å²) in [4.78, 5) is 0. The number of para-hydroxylation sites is 1. The van der Waals surface area contributed by atoms with Crippen LogP contribution in [0.1, 0.15) is 5.56 Å². The van der Waals surface area contributed by atoms with Gasteiger partial charge in [-0.3, -0.25) is 5.43 Å². The Kier molecular flexibility index (Phi) is 4.64. The van der Waals surface area contributed by atoms with Crippen LogP contribution in [0.3, 0.4) is 0 Å². The van der Waals surface area contributed by atoms with Crippen molar-refractivity contribution in [1.82, 2.24) is 5.43 Å². The van der Waals surface area contributed by atoms with E-state index in [2.05, 4.69) is 5.43 Å². The van der Waals surface area contributed by atoms with Crippen LogP contribution in [-0.4, -0.2) is 5.84 Å². The number of hydrazine groups is 2. The van der Waals surface area contributed by atoms with Gasteiger partial charge >= 0.3 is 0 Å². The van der Waals surface area contributed by atoms with Crippen LogP contribution in [0.25, 0.3) is 0 Å². The summed E-state index contributed by atoms with van der Waals surface area (Å²) >= 11 is 18.9. The third kappa shape index (κ3) is 3.19. The summed E-state index contributed by atoms with van der Waals surface area (Å²) in [6, 6.07) is 22.9. The number of amidine groups is 1. The summed E-state index contributed by atoms with van der Waals surface area (Å²) < 4.78 is 0. The second-order valence-electron chi connectivity index (χ2n) is 5.58. The molecule has 0 amide bonds. The van der Waals surface area contributed by atoms with E-state index in [9.17, 15) is 0 Å². The molecule has 0 saturated heterocycles. The Morgan fingerprint density at radius 1 is 0.769 bits per heavy atom. The van der Waals surface area contributed by atoms with E-state index in [0.717, 1.165) is 11.3 Å². The lowest BCUT2D eigenvalue weighted by atomic mass is 10.2. The molecule has 1 aliphatic rings. The van der Waals surface area contributed by atoms with Crippen molar-refractivity contribution in [3.63, 3.8) is 0 Å². The average Bonchev–Trinajstić information content (AvgIpc) is 3.07. The Balaban J connectivity index is 1.83. The zero-order valence-corrected chi connectivity index (χ0v) is 15.7. The Hall–Kier alpha value is -2.40. The van der Waals surface area contributed by atoms with Gasteiger partial charge in [-0.15, -0.1) is 10.2 Å². The second kappa shape index (κ2) is 7.08. The van der Waals surface area contributed by atoms with Gasteiger partial charge in [-0.05, 0) is 24.3 Å². The van der Waals surface area contributed by atoms with E-state index < -0.39 is 0 Å². The van der Waals surface area contributed by atoms with Crippen LogP contribution in [0.4, 0.5) is 11.4 Å². The highest BCUT2D eigenvalue weighted by atomic mass is 35.5. The van der Waals surface area contributed by atoms with Crippen LogP contribution in [-0.2, 0) is 0 Å². The summed E-state index contributed by atoms with van der Waals surface area (Å²) in [5.74, 6) is 0.677. The van der Waals surface area contributed by atoms with Gasteiger partial charge in [0.2, 0.25) is 0 Å². The fourth-order valence-electron chi connectivity index (χ4n) is 2.65. The number of nitrogens with zero attached hydrogens (tertiary/aromatic N) is 3. The third-order valence-electron chi connectivity index (χ3n) is 3.83. The van der Waals surface area contributed by atoms with Gasteiger partial charge in [0.1, 0.15) is 5.69 Å². The van der Waals surface area contributed by atoms with E-state index in [4.69, 9.17) is 39.9 Å². The predicted molar refractivity (Wildman–Crippen MR) is 109 cm³/mol. The molecule has 3 aromatic rings. The summed E-state index contributed by atoms with van der Waals surface area (Å²) in [5.41, 5.74) is 5.66. The van der Waals surface area contributed by atoms with Crippen molar-refractivity contribution >= 4 is 52.0 Å². The van der Waals surface area contributed by atoms with Crippen molar-refractivity contribution in [2.24, 2.45) is 5.10 Å². The first-order valence-corrected chi connectivity index (χ1v) is 8.97. The van der Waals surface area contributed by atoms with E-state index in [-0.39, 0.29) is 0 Å². The molecule has 1 heterocycles. The number of hydrogen-bond donors (Lipinski definition) is 1. The van der Waals surface area contributed by atoms with Gasteiger partial charge in [0.05, 0.1) is 15.7 Å². The molecule has 1 N–H and O–H groups in total. The zero-order chi connectivity index (χ0) is 18.1. The maximum Gasteiger partial charge on any atom is 0.176 e. The first kappa shape index (κ1) is 17.0. The van der Waals surface area contributed by atoms with Crippen LogP contribution in [0.2, 0.25) is 15.1 Å². The zero-order valence-electron chi connectivity index (χ0n) is 13.4. The molecule has 4 nitrogen and oxygen atoms in total. The first-order valence-electron chi connectivity index (χ1n) is 7.84. The van der Waals surface area contributed by atoms with E-state index in [1.165, 1.54) is 0 Å². The van der Waals surface area contributed by atoms with Crippen molar-refractivity contribution in [3.8, 4) is 0 Å². The van der Waals surface area contributed by atoms with Gasteiger partial charge < -0.3 is 0 Å². The van der Waals surface area contributed by atoms with Crippen LogP contribution < -0.4 is 15.7 Å². The van der Waals surface area contributed by atoms with Gasteiger partial charge in [-0.2, -0.15) is 5.12 Å². The molecule has 0 aliphatic carbocycles.